The molecule has 74 valence electrons. The number of rotatable bonds is 2. The lowest BCUT2D eigenvalue weighted by atomic mass is 9.88. The van der Waals surface area contributed by atoms with Gasteiger partial charge in [0.05, 0.1) is 5.92 Å². The fourth-order valence-electron chi connectivity index (χ4n) is 2.95. The van der Waals surface area contributed by atoms with Crippen LogP contribution in [0.25, 0.3) is 0 Å². The highest BCUT2D eigenvalue weighted by molar-refractivity contribution is 7.84. The lowest BCUT2D eigenvalue weighted by Crippen LogP contribution is -2.32. The molecule has 2 aliphatic carbocycles. The number of hydrogen-bond donors (Lipinski definition) is 1. The Labute approximate surface area is 80.0 Å². The summed E-state index contributed by atoms with van der Waals surface area (Å²) in [6, 6.07) is 0. The highest BCUT2D eigenvalue weighted by atomic mass is 32.2. The predicted octanol–water partition coefficient (Wildman–Crippen LogP) is 0.864. The summed E-state index contributed by atoms with van der Waals surface area (Å²) in [6.45, 7) is 0. The first-order chi connectivity index (χ1) is 6.09. The Morgan fingerprint density at radius 3 is 2.54 bits per heavy atom. The van der Waals surface area contributed by atoms with Crippen molar-refractivity contribution in [2.75, 3.05) is 6.26 Å². The Morgan fingerprint density at radius 2 is 2.08 bits per heavy atom. The van der Waals surface area contributed by atoms with Crippen molar-refractivity contribution in [3.05, 3.63) is 0 Å². The molecule has 0 radical (unpaired) electrons. The molecule has 0 heterocycles. The van der Waals surface area contributed by atoms with Gasteiger partial charge in [-0.25, -0.2) is 0 Å². The summed E-state index contributed by atoms with van der Waals surface area (Å²) in [5.74, 6) is -0.191. The maximum Gasteiger partial charge on any atom is 0.306 e. The molecule has 2 saturated carbocycles. The summed E-state index contributed by atoms with van der Waals surface area (Å²) in [6.07, 6.45) is 4.48. The third kappa shape index (κ3) is 1.41. The van der Waals surface area contributed by atoms with E-state index in [-0.39, 0.29) is 17.1 Å². The zero-order valence-electron chi connectivity index (χ0n) is 7.60. The topological polar surface area (TPSA) is 54.4 Å². The smallest absolute Gasteiger partial charge is 0.306 e. The van der Waals surface area contributed by atoms with E-state index in [0.717, 1.165) is 19.3 Å². The molecule has 5 atom stereocenters. The fraction of sp³-hybridized carbons (Fsp3) is 0.889. The van der Waals surface area contributed by atoms with E-state index in [1.165, 1.54) is 0 Å². The van der Waals surface area contributed by atoms with Crippen molar-refractivity contribution in [3.63, 3.8) is 0 Å². The summed E-state index contributed by atoms with van der Waals surface area (Å²) in [7, 11) is -0.841. The lowest BCUT2D eigenvalue weighted by Gasteiger charge is -2.24. The third-order valence-electron chi connectivity index (χ3n) is 3.50. The van der Waals surface area contributed by atoms with Crippen molar-refractivity contribution < 1.29 is 14.1 Å². The molecule has 1 unspecified atom stereocenters. The number of aliphatic carboxylic acids is 1. The van der Waals surface area contributed by atoms with Gasteiger partial charge < -0.3 is 5.11 Å². The lowest BCUT2D eigenvalue weighted by molar-refractivity contribution is -0.143. The summed E-state index contributed by atoms with van der Waals surface area (Å²) >= 11 is 0. The van der Waals surface area contributed by atoms with Gasteiger partial charge >= 0.3 is 5.97 Å². The standard InChI is InChI=1S/C9H14O3S/c1-13(12)8-4-5-2-6(8)7(3-5)9(10)11/h5-8H,2-4H2,1H3,(H,10,11)/t5-,6+,7-,8+,13?/m0/s1. The first-order valence-corrected chi connectivity index (χ1v) is 6.26. The molecule has 0 aromatic heterocycles. The molecule has 0 aromatic carbocycles. The van der Waals surface area contributed by atoms with E-state index in [9.17, 15) is 9.00 Å². The SMILES string of the molecule is CS(=O)[C@@H]1C[C@H]2C[C@@H]1[C@@H](C(=O)O)C2. The largest absolute Gasteiger partial charge is 0.481 e. The molecule has 0 amide bonds. The van der Waals surface area contributed by atoms with Crippen LogP contribution in [0.2, 0.25) is 0 Å². The number of carboxylic acids is 1. The third-order valence-corrected chi connectivity index (χ3v) is 4.89. The van der Waals surface area contributed by atoms with Gasteiger partial charge in [0.25, 0.3) is 0 Å². The average molecular weight is 202 g/mol. The van der Waals surface area contributed by atoms with Crippen molar-refractivity contribution in [3.8, 4) is 0 Å². The second-order valence-electron chi connectivity index (χ2n) is 4.22. The van der Waals surface area contributed by atoms with E-state index >= 15 is 0 Å². The maximum absolute atomic E-state index is 11.3. The summed E-state index contributed by atoms with van der Waals surface area (Å²) in [5.41, 5.74) is 0. The summed E-state index contributed by atoms with van der Waals surface area (Å²) < 4.78 is 11.3. The second-order valence-corrected chi connectivity index (χ2v) is 5.82. The van der Waals surface area contributed by atoms with Crippen LogP contribution < -0.4 is 0 Å². The molecule has 13 heavy (non-hydrogen) atoms. The van der Waals surface area contributed by atoms with E-state index in [0.29, 0.717) is 5.92 Å². The van der Waals surface area contributed by atoms with Crippen LogP contribution in [0.5, 0.6) is 0 Å². The van der Waals surface area contributed by atoms with Crippen molar-refractivity contribution in [2.24, 2.45) is 17.8 Å². The minimum Gasteiger partial charge on any atom is -0.481 e. The normalized spacial score (nSPS) is 45.0. The second kappa shape index (κ2) is 3.08. The van der Waals surface area contributed by atoms with Gasteiger partial charge in [-0.05, 0) is 31.1 Å². The van der Waals surface area contributed by atoms with Gasteiger partial charge in [0.1, 0.15) is 0 Å². The summed E-state index contributed by atoms with van der Waals surface area (Å²) in [5, 5.41) is 9.09. The van der Waals surface area contributed by atoms with Gasteiger partial charge in [0.15, 0.2) is 0 Å². The molecule has 0 aromatic rings. The minimum absolute atomic E-state index is 0.153. The van der Waals surface area contributed by atoms with E-state index in [2.05, 4.69) is 0 Å². The summed E-state index contributed by atoms with van der Waals surface area (Å²) in [4.78, 5) is 10.9. The monoisotopic (exact) mass is 202 g/mol. The Hall–Kier alpha value is -0.380. The van der Waals surface area contributed by atoms with E-state index < -0.39 is 16.8 Å². The van der Waals surface area contributed by atoms with Gasteiger partial charge in [-0.1, -0.05) is 0 Å². The van der Waals surface area contributed by atoms with Crippen LogP contribution in [-0.4, -0.2) is 26.8 Å². The molecule has 2 fully saturated rings. The molecule has 0 spiro atoms. The van der Waals surface area contributed by atoms with Crippen molar-refractivity contribution in [2.45, 2.75) is 24.5 Å². The van der Waals surface area contributed by atoms with Crippen LogP contribution in [0.15, 0.2) is 0 Å². The molecule has 2 bridgehead atoms. The van der Waals surface area contributed by atoms with E-state index in [4.69, 9.17) is 5.11 Å². The maximum atomic E-state index is 11.3. The van der Waals surface area contributed by atoms with Crippen LogP contribution in [0.1, 0.15) is 19.3 Å². The molecule has 0 saturated heterocycles. The van der Waals surface area contributed by atoms with Crippen LogP contribution in [0.4, 0.5) is 0 Å². The number of carbonyl (C=O) groups is 1. The molecular formula is C9H14O3S. The zero-order valence-corrected chi connectivity index (χ0v) is 8.42. The van der Waals surface area contributed by atoms with E-state index in [1.54, 1.807) is 6.26 Å². The number of fused-ring (bicyclic) bond motifs is 2. The molecule has 1 N–H and O–H groups in total. The number of hydrogen-bond acceptors (Lipinski definition) is 2. The highest BCUT2D eigenvalue weighted by Crippen LogP contribution is 2.50. The first-order valence-electron chi connectivity index (χ1n) is 4.64. The van der Waals surface area contributed by atoms with Gasteiger partial charge in [0, 0.05) is 22.3 Å². The van der Waals surface area contributed by atoms with Crippen molar-refractivity contribution in [1.29, 1.82) is 0 Å². The minimum atomic E-state index is -0.841. The molecule has 4 heteroatoms. The van der Waals surface area contributed by atoms with Gasteiger partial charge in [0.2, 0.25) is 0 Å². The Morgan fingerprint density at radius 1 is 1.38 bits per heavy atom. The van der Waals surface area contributed by atoms with E-state index in [1.807, 2.05) is 0 Å². The highest BCUT2D eigenvalue weighted by Gasteiger charge is 2.50. The van der Waals surface area contributed by atoms with Gasteiger partial charge in [-0.15, -0.1) is 0 Å². The molecule has 2 rings (SSSR count). The van der Waals surface area contributed by atoms with Crippen LogP contribution in [-0.2, 0) is 15.6 Å². The van der Waals surface area contributed by atoms with Gasteiger partial charge in [-0.2, -0.15) is 0 Å². The Bertz CT molecular complexity index is 240. The van der Waals surface area contributed by atoms with Gasteiger partial charge in [-0.3, -0.25) is 9.00 Å². The Kier molecular flexibility index (Phi) is 2.18. The quantitative estimate of drug-likeness (QED) is 0.722. The van der Waals surface area contributed by atoms with Crippen LogP contribution in [0.3, 0.4) is 0 Å². The van der Waals surface area contributed by atoms with Crippen LogP contribution >= 0.6 is 0 Å². The first kappa shape index (κ1) is 9.19. The van der Waals surface area contributed by atoms with Crippen LogP contribution in [0, 0.1) is 17.8 Å². The average Bonchev–Trinajstić information content (AvgIpc) is 2.60. The Balaban J connectivity index is 2.15. The predicted molar refractivity (Wildman–Crippen MR) is 49.8 cm³/mol. The molecular weight excluding hydrogens is 188 g/mol. The van der Waals surface area contributed by atoms with Crippen molar-refractivity contribution in [1.82, 2.24) is 0 Å². The number of carboxylic acid groups (broad SMARTS) is 1. The molecule has 3 nitrogen and oxygen atoms in total. The molecule has 0 aliphatic heterocycles. The molecule has 2 aliphatic rings. The van der Waals surface area contributed by atoms with Crippen molar-refractivity contribution >= 4 is 16.8 Å². The fourth-order valence-corrected chi connectivity index (χ4v) is 4.29. The zero-order chi connectivity index (χ0) is 9.59.